The van der Waals surface area contributed by atoms with Gasteiger partial charge in [-0.2, -0.15) is 0 Å². The Morgan fingerprint density at radius 2 is 1.90 bits per heavy atom. The Balaban J connectivity index is 1.95. The molecule has 0 radical (unpaired) electrons. The van der Waals surface area contributed by atoms with E-state index in [1.807, 2.05) is 0 Å². The van der Waals surface area contributed by atoms with Gasteiger partial charge in [-0.25, -0.2) is 0 Å². The standard InChI is InChI=1S/C18H30N2O/c1-12-10-18(8-6-15(19)7-9-18)17(4,5)20(12)16-11-21-14(3)13(16)2/h12,15H,3,6-11,19H2,1-2,4-5H3/t12-,15?,18?/m1/s1. The SMILES string of the molecule is C=C1OCC(N2[C@H](C)CC3(CCC(N)CC3)C2(C)C)=C1C. The average molecular weight is 290 g/mol. The minimum absolute atomic E-state index is 0.164. The summed E-state index contributed by atoms with van der Waals surface area (Å²) >= 11 is 0. The molecule has 2 fully saturated rings. The fourth-order valence-electron chi connectivity index (χ4n) is 5.11. The molecule has 0 aromatic heterocycles. The number of hydrogen-bond acceptors (Lipinski definition) is 3. The largest absolute Gasteiger partial charge is 0.488 e. The van der Waals surface area contributed by atoms with Crippen molar-refractivity contribution in [3.8, 4) is 0 Å². The van der Waals surface area contributed by atoms with Crippen LogP contribution in [0.2, 0.25) is 0 Å². The minimum Gasteiger partial charge on any atom is -0.488 e. The third-order valence-electron chi connectivity index (χ3n) is 6.54. The normalized spacial score (nSPS) is 39.3. The van der Waals surface area contributed by atoms with Crippen LogP contribution in [0.3, 0.4) is 0 Å². The molecule has 1 saturated heterocycles. The molecule has 2 N–H and O–H groups in total. The third kappa shape index (κ3) is 2.04. The number of allylic oxidation sites excluding steroid dienone is 1. The van der Waals surface area contributed by atoms with Crippen molar-refractivity contribution in [2.45, 2.75) is 77.4 Å². The summed E-state index contributed by atoms with van der Waals surface area (Å²) in [5, 5.41) is 0. The summed E-state index contributed by atoms with van der Waals surface area (Å²) in [6.45, 7) is 14.1. The van der Waals surface area contributed by atoms with Crippen LogP contribution in [0.15, 0.2) is 23.6 Å². The first-order valence-electron chi connectivity index (χ1n) is 8.35. The highest BCUT2D eigenvalue weighted by Gasteiger charge is 2.57. The zero-order valence-corrected chi connectivity index (χ0v) is 14.0. The van der Waals surface area contributed by atoms with E-state index >= 15 is 0 Å². The maximum absolute atomic E-state index is 6.15. The highest BCUT2D eigenvalue weighted by molar-refractivity contribution is 5.35. The molecule has 118 valence electrons. The summed E-state index contributed by atoms with van der Waals surface area (Å²) in [5.74, 6) is 0.847. The van der Waals surface area contributed by atoms with Crippen LogP contribution >= 0.6 is 0 Å². The maximum Gasteiger partial charge on any atom is 0.128 e. The second-order valence-corrected chi connectivity index (χ2v) is 7.88. The first kappa shape index (κ1) is 15.0. The van der Waals surface area contributed by atoms with Crippen LogP contribution < -0.4 is 5.73 Å². The number of nitrogens with two attached hydrogens (primary N) is 1. The molecule has 3 heteroatoms. The van der Waals surface area contributed by atoms with Crippen molar-refractivity contribution in [3.63, 3.8) is 0 Å². The van der Waals surface area contributed by atoms with E-state index in [2.05, 4.69) is 39.2 Å². The van der Waals surface area contributed by atoms with Crippen LogP contribution in [0.5, 0.6) is 0 Å². The van der Waals surface area contributed by atoms with Crippen molar-refractivity contribution >= 4 is 0 Å². The van der Waals surface area contributed by atoms with Crippen LogP contribution in [0, 0.1) is 5.41 Å². The molecule has 2 heterocycles. The predicted molar refractivity (Wildman–Crippen MR) is 86.7 cm³/mol. The van der Waals surface area contributed by atoms with Gasteiger partial charge in [0.15, 0.2) is 0 Å². The van der Waals surface area contributed by atoms with E-state index in [4.69, 9.17) is 10.5 Å². The molecule has 0 amide bonds. The van der Waals surface area contributed by atoms with Gasteiger partial charge in [0.05, 0.1) is 5.70 Å². The molecule has 2 aliphatic heterocycles. The fraction of sp³-hybridized carbons (Fsp3) is 0.778. The summed E-state index contributed by atoms with van der Waals surface area (Å²) in [4.78, 5) is 2.64. The molecule has 3 aliphatic rings. The Kier molecular flexibility index (Phi) is 3.40. The summed E-state index contributed by atoms with van der Waals surface area (Å²) in [6, 6.07) is 0.972. The molecule has 1 spiro atoms. The zero-order valence-electron chi connectivity index (χ0n) is 14.0. The molecule has 0 bridgehead atoms. The Morgan fingerprint density at radius 1 is 1.29 bits per heavy atom. The van der Waals surface area contributed by atoms with E-state index in [1.54, 1.807) is 0 Å². The van der Waals surface area contributed by atoms with Gasteiger partial charge in [0.1, 0.15) is 12.4 Å². The van der Waals surface area contributed by atoms with Gasteiger partial charge in [-0.15, -0.1) is 0 Å². The molecule has 0 aromatic rings. The molecular weight excluding hydrogens is 260 g/mol. The van der Waals surface area contributed by atoms with Gasteiger partial charge in [-0.05, 0) is 65.2 Å². The van der Waals surface area contributed by atoms with Crippen LogP contribution in [0.25, 0.3) is 0 Å². The van der Waals surface area contributed by atoms with Crippen LogP contribution in [0.1, 0.15) is 59.8 Å². The van der Waals surface area contributed by atoms with Crippen molar-refractivity contribution < 1.29 is 4.74 Å². The van der Waals surface area contributed by atoms with E-state index in [-0.39, 0.29) is 5.54 Å². The summed E-state index contributed by atoms with van der Waals surface area (Å²) < 4.78 is 5.69. The molecule has 1 saturated carbocycles. The Hall–Kier alpha value is -0.960. The van der Waals surface area contributed by atoms with Crippen LogP contribution in [-0.2, 0) is 4.74 Å². The highest BCUT2D eigenvalue weighted by atomic mass is 16.5. The van der Waals surface area contributed by atoms with Crippen LogP contribution in [0.4, 0.5) is 0 Å². The van der Waals surface area contributed by atoms with Gasteiger partial charge in [-0.3, -0.25) is 0 Å². The van der Waals surface area contributed by atoms with Crippen molar-refractivity contribution in [3.05, 3.63) is 23.6 Å². The fourth-order valence-corrected chi connectivity index (χ4v) is 5.11. The van der Waals surface area contributed by atoms with Gasteiger partial charge in [-0.1, -0.05) is 6.58 Å². The molecule has 21 heavy (non-hydrogen) atoms. The van der Waals surface area contributed by atoms with E-state index < -0.39 is 0 Å². The monoisotopic (exact) mass is 290 g/mol. The van der Waals surface area contributed by atoms with E-state index in [0.717, 1.165) is 5.76 Å². The van der Waals surface area contributed by atoms with Crippen molar-refractivity contribution in [1.29, 1.82) is 0 Å². The minimum atomic E-state index is 0.164. The van der Waals surface area contributed by atoms with E-state index in [0.29, 0.717) is 24.1 Å². The predicted octanol–water partition coefficient (Wildman–Crippen LogP) is 3.56. The van der Waals surface area contributed by atoms with Gasteiger partial charge in [0, 0.05) is 23.2 Å². The number of rotatable bonds is 1. The summed E-state index contributed by atoms with van der Waals surface area (Å²) in [6.07, 6.45) is 6.14. The number of nitrogens with zero attached hydrogens (tertiary/aromatic N) is 1. The second-order valence-electron chi connectivity index (χ2n) is 7.88. The van der Waals surface area contributed by atoms with Gasteiger partial charge in [0.2, 0.25) is 0 Å². The van der Waals surface area contributed by atoms with Gasteiger partial charge < -0.3 is 15.4 Å². The smallest absolute Gasteiger partial charge is 0.128 e. The first-order chi connectivity index (χ1) is 9.78. The lowest BCUT2D eigenvalue weighted by atomic mass is 9.62. The maximum atomic E-state index is 6.15. The first-order valence-corrected chi connectivity index (χ1v) is 8.35. The summed E-state index contributed by atoms with van der Waals surface area (Å²) in [5.41, 5.74) is 9.30. The molecular formula is C18H30N2O. The number of hydrogen-bond donors (Lipinski definition) is 1. The average Bonchev–Trinajstić information content (AvgIpc) is 2.82. The lowest BCUT2D eigenvalue weighted by Crippen LogP contribution is -2.52. The van der Waals surface area contributed by atoms with Crippen molar-refractivity contribution in [2.24, 2.45) is 11.1 Å². The molecule has 0 unspecified atom stereocenters. The number of ether oxygens (including phenoxy) is 1. The number of likely N-dealkylation sites (tertiary alicyclic amines) is 1. The van der Waals surface area contributed by atoms with Gasteiger partial charge >= 0.3 is 0 Å². The topological polar surface area (TPSA) is 38.5 Å². The van der Waals surface area contributed by atoms with Crippen LogP contribution in [-0.4, -0.2) is 29.1 Å². The van der Waals surface area contributed by atoms with E-state index in [1.165, 1.54) is 43.4 Å². The molecule has 3 rings (SSSR count). The quantitative estimate of drug-likeness (QED) is 0.802. The van der Waals surface area contributed by atoms with E-state index in [9.17, 15) is 0 Å². The second kappa shape index (κ2) is 4.77. The third-order valence-corrected chi connectivity index (χ3v) is 6.54. The molecule has 3 nitrogen and oxygen atoms in total. The van der Waals surface area contributed by atoms with Crippen molar-refractivity contribution in [1.82, 2.24) is 4.90 Å². The van der Waals surface area contributed by atoms with Crippen molar-refractivity contribution in [2.75, 3.05) is 6.61 Å². The highest BCUT2D eigenvalue weighted by Crippen LogP contribution is 2.58. The lowest BCUT2D eigenvalue weighted by molar-refractivity contribution is 0.0403. The molecule has 0 aromatic carbocycles. The Labute approximate surface area is 129 Å². The molecule has 1 atom stereocenters. The Morgan fingerprint density at radius 3 is 2.43 bits per heavy atom. The van der Waals surface area contributed by atoms with Gasteiger partial charge in [0.25, 0.3) is 0 Å². The summed E-state index contributed by atoms with van der Waals surface area (Å²) in [7, 11) is 0. The molecule has 1 aliphatic carbocycles. The zero-order chi connectivity index (χ0) is 15.4. The lowest BCUT2D eigenvalue weighted by Gasteiger charge is -2.49. The Bertz CT molecular complexity index is 483.